The number of benzene rings is 2. The van der Waals surface area contributed by atoms with Crippen molar-refractivity contribution in [1.29, 1.82) is 5.26 Å². The molecule has 1 N–H and O–H groups in total. The fourth-order valence-corrected chi connectivity index (χ4v) is 3.17. The van der Waals surface area contributed by atoms with Crippen molar-refractivity contribution in [2.75, 3.05) is 5.43 Å². The predicted octanol–water partition coefficient (Wildman–Crippen LogP) is 4.94. The topological polar surface area (TPSA) is 101 Å². The van der Waals surface area contributed by atoms with E-state index in [1.165, 1.54) is 6.39 Å². The number of ether oxygens (including phenoxy) is 1. The molecule has 0 spiro atoms. The zero-order chi connectivity index (χ0) is 22.5. The average molecular weight is 426 g/mol. The summed E-state index contributed by atoms with van der Waals surface area (Å²) in [5.74, 6) is 1.03. The van der Waals surface area contributed by atoms with E-state index in [-0.39, 0.29) is 17.7 Å². The number of hydrogen-bond acceptors (Lipinski definition) is 7. The molecule has 0 saturated heterocycles. The molecule has 0 radical (unpaired) electrons. The molecule has 0 unspecified atom stereocenters. The highest BCUT2D eigenvalue weighted by atomic mass is 16.5. The van der Waals surface area contributed by atoms with Gasteiger partial charge in [-0.25, -0.2) is 15.1 Å². The molecule has 2 heterocycles. The van der Waals surface area contributed by atoms with E-state index in [0.29, 0.717) is 0 Å². The summed E-state index contributed by atoms with van der Waals surface area (Å²) in [5, 5.41) is 18.1. The Hall–Kier alpha value is -4.38. The Morgan fingerprint density at radius 1 is 1.22 bits per heavy atom. The lowest BCUT2D eigenvalue weighted by Gasteiger charge is -2.13. The number of anilines is 1. The molecule has 0 aliphatic carbocycles. The van der Waals surface area contributed by atoms with Gasteiger partial charge in [-0.05, 0) is 56.7 Å². The van der Waals surface area contributed by atoms with Crippen LogP contribution in [0.5, 0.6) is 5.75 Å². The summed E-state index contributed by atoms with van der Waals surface area (Å²) in [6, 6.07) is 17.8. The number of aromatic nitrogens is 3. The molecule has 0 amide bonds. The number of hydrazone groups is 1. The second-order valence-electron chi connectivity index (χ2n) is 7.37. The number of rotatable bonds is 7. The molecule has 0 fully saturated rings. The third-order valence-corrected chi connectivity index (χ3v) is 4.62. The van der Waals surface area contributed by atoms with Gasteiger partial charge in [0.25, 0.3) is 5.88 Å². The van der Waals surface area contributed by atoms with Gasteiger partial charge in [-0.3, -0.25) is 0 Å². The van der Waals surface area contributed by atoms with Gasteiger partial charge in [0.2, 0.25) is 5.69 Å². The van der Waals surface area contributed by atoms with Gasteiger partial charge in [0, 0.05) is 17.3 Å². The van der Waals surface area contributed by atoms with Crippen LogP contribution in [0.1, 0.15) is 30.7 Å². The number of nitriles is 1. The van der Waals surface area contributed by atoms with Crippen molar-refractivity contribution >= 4 is 12.1 Å². The maximum atomic E-state index is 9.06. The van der Waals surface area contributed by atoms with E-state index in [2.05, 4.69) is 15.5 Å². The smallest absolute Gasteiger partial charge is 0.251 e. The van der Waals surface area contributed by atoms with Gasteiger partial charge in [-0.15, -0.1) is 0 Å². The number of nitrogens with one attached hydrogen (secondary N) is 1. The molecule has 32 heavy (non-hydrogen) atoms. The maximum Gasteiger partial charge on any atom is 0.251 e. The highest BCUT2D eigenvalue weighted by Gasteiger charge is 2.14. The highest BCUT2D eigenvalue weighted by molar-refractivity contribution is 5.89. The van der Waals surface area contributed by atoms with E-state index in [1.54, 1.807) is 10.9 Å². The van der Waals surface area contributed by atoms with Crippen molar-refractivity contribution in [3.63, 3.8) is 0 Å². The van der Waals surface area contributed by atoms with Gasteiger partial charge < -0.3 is 9.15 Å². The summed E-state index contributed by atoms with van der Waals surface area (Å²) in [4.78, 5) is 3.82. The molecular weight excluding hydrogens is 404 g/mol. The average Bonchev–Trinajstić information content (AvgIpc) is 3.42. The fraction of sp³-hybridized carbons (Fsp3) is 0.167. The third kappa shape index (κ3) is 4.52. The van der Waals surface area contributed by atoms with Crippen molar-refractivity contribution in [3.8, 4) is 28.8 Å². The summed E-state index contributed by atoms with van der Waals surface area (Å²) < 4.78 is 12.8. The molecule has 4 rings (SSSR count). The number of hydrogen-bond donors (Lipinski definition) is 1. The first-order valence-electron chi connectivity index (χ1n) is 10.1. The van der Waals surface area contributed by atoms with Crippen LogP contribution < -0.4 is 10.2 Å². The van der Waals surface area contributed by atoms with E-state index < -0.39 is 0 Å². The molecule has 0 saturated carbocycles. The standard InChI is InChI=1S/C24H22N6O2/c1-16(2)32-22-10-9-18(11-17(22)3)23-19(13-27-28-24-21(12-25)26-15-31-24)14-30(29-23)20-7-5-4-6-8-20/h4-11,13-16,28H,1-3H3/b27-13-. The van der Waals surface area contributed by atoms with Crippen LogP contribution in [0.4, 0.5) is 5.88 Å². The summed E-state index contributed by atoms with van der Waals surface area (Å²) in [6.07, 6.45) is 4.83. The summed E-state index contributed by atoms with van der Waals surface area (Å²) >= 11 is 0. The van der Waals surface area contributed by atoms with Gasteiger partial charge >= 0.3 is 0 Å². The predicted molar refractivity (Wildman–Crippen MR) is 122 cm³/mol. The van der Waals surface area contributed by atoms with Crippen molar-refractivity contribution in [1.82, 2.24) is 14.8 Å². The normalized spacial score (nSPS) is 11.1. The Morgan fingerprint density at radius 2 is 2.03 bits per heavy atom. The van der Waals surface area contributed by atoms with Gasteiger partial charge in [-0.1, -0.05) is 18.2 Å². The molecule has 8 nitrogen and oxygen atoms in total. The molecular formula is C24H22N6O2. The highest BCUT2D eigenvalue weighted by Crippen LogP contribution is 2.28. The van der Waals surface area contributed by atoms with E-state index >= 15 is 0 Å². The SMILES string of the molecule is Cc1cc(-c2nn(-c3ccccc3)cc2/C=N\Nc2ocnc2C#N)ccc1OC(C)C. The Kier molecular flexibility index (Phi) is 5.99. The number of aryl methyl sites for hydroxylation is 1. The molecule has 2 aromatic heterocycles. The molecule has 0 aliphatic rings. The molecule has 0 bridgehead atoms. The lowest BCUT2D eigenvalue weighted by Crippen LogP contribution is -2.06. The molecule has 4 aromatic rings. The van der Waals surface area contributed by atoms with Crippen LogP contribution >= 0.6 is 0 Å². The molecule has 8 heteroatoms. The van der Waals surface area contributed by atoms with Crippen molar-refractivity contribution < 1.29 is 9.15 Å². The van der Waals surface area contributed by atoms with Gasteiger partial charge in [-0.2, -0.15) is 15.5 Å². The van der Waals surface area contributed by atoms with Crippen LogP contribution in [-0.4, -0.2) is 27.1 Å². The maximum absolute atomic E-state index is 9.06. The summed E-state index contributed by atoms with van der Waals surface area (Å²) in [7, 11) is 0. The van der Waals surface area contributed by atoms with E-state index in [0.717, 1.165) is 33.8 Å². The minimum atomic E-state index is 0.0972. The van der Waals surface area contributed by atoms with E-state index in [4.69, 9.17) is 19.5 Å². The first-order valence-corrected chi connectivity index (χ1v) is 10.1. The first kappa shape index (κ1) is 20.9. The molecule has 160 valence electrons. The van der Waals surface area contributed by atoms with Crippen LogP contribution in [0.15, 0.2) is 70.6 Å². The lowest BCUT2D eigenvalue weighted by molar-refractivity contribution is 0.241. The van der Waals surface area contributed by atoms with Crippen LogP contribution in [0, 0.1) is 18.3 Å². The number of oxazole rings is 1. The van der Waals surface area contributed by atoms with Gasteiger partial charge in [0.1, 0.15) is 17.5 Å². The van der Waals surface area contributed by atoms with E-state index in [1.807, 2.05) is 81.6 Å². The molecule has 2 aromatic carbocycles. The summed E-state index contributed by atoms with van der Waals surface area (Å²) in [5.41, 5.74) is 7.30. The fourth-order valence-electron chi connectivity index (χ4n) is 3.17. The monoisotopic (exact) mass is 426 g/mol. The zero-order valence-corrected chi connectivity index (χ0v) is 18.0. The largest absolute Gasteiger partial charge is 0.491 e. The zero-order valence-electron chi connectivity index (χ0n) is 18.0. The summed E-state index contributed by atoms with van der Waals surface area (Å²) in [6.45, 7) is 6.02. The first-order chi connectivity index (χ1) is 15.5. The van der Waals surface area contributed by atoms with E-state index in [9.17, 15) is 0 Å². The van der Waals surface area contributed by atoms with Crippen LogP contribution in [0.25, 0.3) is 16.9 Å². The van der Waals surface area contributed by atoms with Crippen molar-refractivity contribution in [3.05, 3.63) is 77.9 Å². The van der Waals surface area contributed by atoms with Crippen LogP contribution in [0.3, 0.4) is 0 Å². The third-order valence-electron chi connectivity index (χ3n) is 4.62. The van der Waals surface area contributed by atoms with Gasteiger partial charge in [0.05, 0.1) is 18.0 Å². The van der Waals surface area contributed by atoms with Crippen molar-refractivity contribution in [2.45, 2.75) is 26.9 Å². The second-order valence-corrected chi connectivity index (χ2v) is 7.37. The van der Waals surface area contributed by atoms with Crippen LogP contribution in [0.2, 0.25) is 0 Å². The Labute approximate surface area is 185 Å². The second kappa shape index (κ2) is 9.18. The minimum absolute atomic E-state index is 0.0972. The van der Waals surface area contributed by atoms with Crippen molar-refractivity contribution in [2.24, 2.45) is 5.10 Å². The quantitative estimate of drug-likeness (QED) is 0.332. The number of nitrogens with zero attached hydrogens (tertiary/aromatic N) is 5. The minimum Gasteiger partial charge on any atom is -0.491 e. The van der Waals surface area contributed by atoms with Crippen LogP contribution in [-0.2, 0) is 0 Å². The Bertz CT molecular complexity index is 1280. The molecule has 0 atom stereocenters. The van der Waals surface area contributed by atoms with Gasteiger partial charge in [0.15, 0.2) is 6.39 Å². The number of para-hydroxylation sites is 1. The lowest BCUT2D eigenvalue weighted by atomic mass is 10.1. The Balaban J connectivity index is 1.70. The Morgan fingerprint density at radius 3 is 2.75 bits per heavy atom. The molecule has 0 aliphatic heterocycles.